The fraction of sp³-hybridized carbons (Fsp3) is 0.118. The van der Waals surface area contributed by atoms with Crippen LogP contribution in [0, 0.1) is 19.7 Å². The van der Waals surface area contributed by atoms with Gasteiger partial charge in [-0.1, -0.05) is 11.6 Å². The number of rotatable bonds is 1. The molecule has 2 aromatic carbocycles. The molecule has 0 unspecified atom stereocenters. The summed E-state index contributed by atoms with van der Waals surface area (Å²) in [6.07, 6.45) is 1.69. The van der Waals surface area contributed by atoms with Gasteiger partial charge in [0, 0.05) is 17.1 Å². The molecular weight excluding hydrogens is 289 g/mol. The van der Waals surface area contributed by atoms with Crippen LogP contribution in [0.3, 0.4) is 0 Å². The molecule has 0 saturated carbocycles. The van der Waals surface area contributed by atoms with Gasteiger partial charge in [-0.25, -0.2) is 9.37 Å². The highest BCUT2D eigenvalue weighted by Crippen LogP contribution is 2.36. The van der Waals surface area contributed by atoms with Crippen LogP contribution in [0.1, 0.15) is 11.1 Å². The third kappa shape index (κ3) is 2.34. The van der Waals surface area contributed by atoms with E-state index in [2.05, 4.69) is 4.98 Å². The molecule has 0 radical (unpaired) electrons. The van der Waals surface area contributed by atoms with Gasteiger partial charge in [0.25, 0.3) is 0 Å². The quantitative estimate of drug-likeness (QED) is 0.640. The van der Waals surface area contributed by atoms with E-state index < -0.39 is 0 Å². The lowest BCUT2D eigenvalue weighted by atomic mass is 9.93. The van der Waals surface area contributed by atoms with E-state index in [9.17, 15) is 9.50 Å². The predicted octanol–water partition coefficient (Wildman–Crippen LogP) is 5.02. The molecule has 0 aliphatic heterocycles. The molecule has 0 bridgehead atoms. The first kappa shape index (κ1) is 13.8. The van der Waals surface area contributed by atoms with Gasteiger partial charge in [-0.3, -0.25) is 0 Å². The second-order valence-corrected chi connectivity index (χ2v) is 5.47. The lowest BCUT2D eigenvalue weighted by molar-refractivity contribution is 0.476. The number of hydrogen-bond donors (Lipinski definition) is 1. The lowest BCUT2D eigenvalue weighted by Crippen LogP contribution is -1.93. The van der Waals surface area contributed by atoms with Crippen molar-refractivity contribution in [2.45, 2.75) is 13.8 Å². The van der Waals surface area contributed by atoms with Crippen LogP contribution in [0.4, 0.5) is 4.39 Å². The number of aromatic hydroxyl groups is 1. The van der Waals surface area contributed by atoms with E-state index in [0.29, 0.717) is 10.5 Å². The number of pyridine rings is 1. The van der Waals surface area contributed by atoms with E-state index in [1.807, 2.05) is 13.8 Å². The fourth-order valence-corrected chi connectivity index (χ4v) is 2.94. The second kappa shape index (κ2) is 5.01. The molecule has 0 saturated heterocycles. The van der Waals surface area contributed by atoms with E-state index in [1.54, 1.807) is 24.4 Å². The molecule has 106 valence electrons. The molecule has 2 nitrogen and oxygen atoms in total. The standard InChI is InChI=1S/C17H13ClFNO/c1-9-5-11(19)6-10(2)16(9)15-8-20-17(18)14-7-12(21)3-4-13(14)15/h3-8,21H,1-2H3. The maximum atomic E-state index is 13.5. The Balaban J connectivity index is 2.39. The molecule has 0 atom stereocenters. The Kier molecular flexibility index (Phi) is 3.30. The van der Waals surface area contributed by atoms with Crippen LogP contribution in [-0.2, 0) is 0 Å². The molecular formula is C17H13ClFNO. The van der Waals surface area contributed by atoms with Crippen LogP contribution in [0.2, 0.25) is 5.15 Å². The van der Waals surface area contributed by atoms with E-state index in [4.69, 9.17) is 11.6 Å². The molecule has 0 aliphatic rings. The number of halogens is 2. The van der Waals surface area contributed by atoms with Crippen LogP contribution in [-0.4, -0.2) is 10.1 Å². The number of phenols is 1. The van der Waals surface area contributed by atoms with Crippen molar-refractivity contribution in [2.75, 3.05) is 0 Å². The highest BCUT2D eigenvalue weighted by molar-refractivity contribution is 6.34. The third-order valence-corrected chi connectivity index (χ3v) is 3.89. The van der Waals surface area contributed by atoms with Gasteiger partial charge in [0.05, 0.1) is 0 Å². The molecule has 3 aromatic rings. The largest absolute Gasteiger partial charge is 0.508 e. The summed E-state index contributed by atoms with van der Waals surface area (Å²) in [6, 6.07) is 8.00. The van der Waals surface area contributed by atoms with Gasteiger partial charge in [-0.15, -0.1) is 0 Å². The Labute approximate surface area is 126 Å². The van der Waals surface area contributed by atoms with Crippen molar-refractivity contribution in [1.29, 1.82) is 0 Å². The van der Waals surface area contributed by atoms with Gasteiger partial charge >= 0.3 is 0 Å². The highest BCUT2D eigenvalue weighted by Gasteiger charge is 2.13. The van der Waals surface area contributed by atoms with Crippen molar-refractivity contribution >= 4 is 22.4 Å². The molecule has 1 heterocycles. The number of benzene rings is 2. The molecule has 1 N–H and O–H groups in total. The third-order valence-electron chi connectivity index (χ3n) is 3.59. The molecule has 0 amide bonds. The summed E-state index contributed by atoms with van der Waals surface area (Å²) in [4.78, 5) is 4.19. The number of fused-ring (bicyclic) bond motifs is 1. The zero-order valence-electron chi connectivity index (χ0n) is 11.6. The number of aromatic nitrogens is 1. The molecule has 0 aliphatic carbocycles. The molecule has 1 aromatic heterocycles. The Bertz CT molecular complexity index is 838. The number of phenolic OH excluding ortho intramolecular Hbond substituents is 1. The first-order valence-electron chi connectivity index (χ1n) is 6.51. The van der Waals surface area contributed by atoms with Crippen molar-refractivity contribution in [3.05, 3.63) is 58.6 Å². The van der Waals surface area contributed by atoms with E-state index in [0.717, 1.165) is 27.6 Å². The summed E-state index contributed by atoms with van der Waals surface area (Å²) in [5.74, 6) is -0.117. The SMILES string of the molecule is Cc1cc(F)cc(C)c1-c1cnc(Cl)c2cc(O)ccc12. The minimum absolute atomic E-state index is 0.135. The molecule has 21 heavy (non-hydrogen) atoms. The zero-order chi connectivity index (χ0) is 15.1. The van der Waals surface area contributed by atoms with Crippen LogP contribution < -0.4 is 0 Å². The fourth-order valence-electron chi connectivity index (χ4n) is 2.73. The normalized spacial score (nSPS) is 11.0. The molecule has 4 heteroatoms. The van der Waals surface area contributed by atoms with Crippen molar-refractivity contribution in [2.24, 2.45) is 0 Å². The van der Waals surface area contributed by atoms with Gasteiger partial charge in [-0.05, 0) is 66.3 Å². The average Bonchev–Trinajstić information content (AvgIpc) is 2.40. The Morgan fingerprint density at radius 1 is 1.05 bits per heavy atom. The monoisotopic (exact) mass is 301 g/mol. The summed E-state index contributed by atoms with van der Waals surface area (Å²) in [5, 5.41) is 11.5. The summed E-state index contributed by atoms with van der Waals surface area (Å²) in [6.45, 7) is 3.73. The van der Waals surface area contributed by atoms with E-state index in [-0.39, 0.29) is 11.6 Å². The van der Waals surface area contributed by atoms with Crippen LogP contribution in [0.5, 0.6) is 5.75 Å². The number of hydrogen-bond acceptors (Lipinski definition) is 2. The second-order valence-electron chi connectivity index (χ2n) is 5.11. The predicted molar refractivity (Wildman–Crippen MR) is 83.3 cm³/mol. The molecule has 0 spiro atoms. The summed E-state index contributed by atoms with van der Waals surface area (Å²) in [5.41, 5.74) is 3.50. The summed E-state index contributed by atoms with van der Waals surface area (Å²) >= 11 is 6.11. The van der Waals surface area contributed by atoms with Gasteiger partial charge in [0.2, 0.25) is 0 Å². The van der Waals surface area contributed by atoms with Gasteiger partial charge < -0.3 is 5.11 Å². The van der Waals surface area contributed by atoms with Crippen molar-refractivity contribution < 1.29 is 9.50 Å². The summed E-state index contributed by atoms with van der Waals surface area (Å²) < 4.78 is 13.5. The zero-order valence-corrected chi connectivity index (χ0v) is 12.4. The first-order chi connectivity index (χ1) is 9.97. The van der Waals surface area contributed by atoms with Crippen LogP contribution in [0.15, 0.2) is 36.5 Å². The van der Waals surface area contributed by atoms with Crippen molar-refractivity contribution in [3.8, 4) is 16.9 Å². The minimum atomic E-state index is -0.252. The van der Waals surface area contributed by atoms with Crippen molar-refractivity contribution in [1.82, 2.24) is 4.98 Å². The average molecular weight is 302 g/mol. The van der Waals surface area contributed by atoms with Crippen LogP contribution in [0.25, 0.3) is 21.9 Å². The Morgan fingerprint density at radius 3 is 2.38 bits per heavy atom. The Hall–Kier alpha value is -2.13. The molecule has 3 rings (SSSR count). The van der Waals surface area contributed by atoms with Crippen LogP contribution >= 0.6 is 11.6 Å². The lowest BCUT2D eigenvalue weighted by Gasteiger charge is -2.13. The smallest absolute Gasteiger partial charge is 0.137 e. The summed E-state index contributed by atoms with van der Waals surface area (Å²) in [7, 11) is 0. The van der Waals surface area contributed by atoms with E-state index in [1.165, 1.54) is 12.1 Å². The number of nitrogens with zero attached hydrogens (tertiary/aromatic N) is 1. The van der Waals surface area contributed by atoms with E-state index >= 15 is 0 Å². The maximum absolute atomic E-state index is 13.5. The van der Waals surface area contributed by atoms with Gasteiger partial charge in [-0.2, -0.15) is 0 Å². The maximum Gasteiger partial charge on any atom is 0.137 e. The Morgan fingerprint density at radius 2 is 1.71 bits per heavy atom. The topological polar surface area (TPSA) is 33.1 Å². The van der Waals surface area contributed by atoms with Gasteiger partial charge in [0.1, 0.15) is 16.7 Å². The van der Waals surface area contributed by atoms with Crippen molar-refractivity contribution in [3.63, 3.8) is 0 Å². The minimum Gasteiger partial charge on any atom is -0.508 e. The van der Waals surface area contributed by atoms with Gasteiger partial charge in [0.15, 0.2) is 0 Å². The highest BCUT2D eigenvalue weighted by atomic mass is 35.5. The first-order valence-corrected chi connectivity index (χ1v) is 6.89. The molecule has 0 fully saturated rings. The number of aryl methyl sites for hydroxylation is 2.